The number of ether oxygens (including phenoxy) is 1. The molecule has 0 unspecified atom stereocenters. The Kier molecular flexibility index (Phi) is 4.44. The quantitative estimate of drug-likeness (QED) is 0.645. The maximum absolute atomic E-state index is 11.6. The first kappa shape index (κ1) is 11.0. The molecule has 0 amide bonds. The van der Waals surface area contributed by atoms with Crippen LogP contribution in [0.2, 0.25) is 0 Å². The minimum atomic E-state index is -0.160. The lowest BCUT2D eigenvalue weighted by Gasteiger charge is -2.15. The number of carbonyl (C=O) groups excluding carboxylic acids is 1. The van der Waals surface area contributed by atoms with Crippen LogP contribution in [-0.2, 0) is 9.53 Å². The van der Waals surface area contributed by atoms with Gasteiger partial charge in [-0.05, 0) is 38.2 Å². The van der Waals surface area contributed by atoms with Crippen molar-refractivity contribution in [3.05, 3.63) is 23.3 Å². The fraction of sp³-hybridized carbons (Fsp3) is 0.583. The molecule has 0 aromatic carbocycles. The Morgan fingerprint density at radius 2 is 2.36 bits per heavy atom. The van der Waals surface area contributed by atoms with E-state index < -0.39 is 0 Å². The van der Waals surface area contributed by atoms with Gasteiger partial charge in [0.25, 0.3) is 0 Å². The molecule has 0 saturated heterocycles. The standard InChI is InChI=1S/C12H18O2/c1-3-7-10-8-5-6-9-11(10)12(13)14-4-2/h7,9H,3-6,8H2,1-2H3/b10-7+. The summed E-state index contributed by atoms with van der Waals surface area (Å²) >= 11 is 0. The monoisotopic (exact) mass is 194 g/mol. The van der Waals surface area contributed by atoms with Gasteiger partial charge in [-0.3, -0.25) is 0 Å². The van der Waals surface area contributed by atoms with E-state index in [-0.39, 0.29) is 5.97 Å². The number of rotatable bonds is 3. The van der Waals surface area contributed by atoms with Crippen LogP contribution in [0, 0.1) is 0 Å². The molecule has 1 rings (SSSR count). The molecule has 0 heterocycles. The molecule has 0 radical (unpaired) electrons. The van der Waals surface area contributed by atoms with E-state index >= 15 is 0 Å². The van der Waals surface area contributed by atoms with Gasteiger partial charge in [0.05, 0.1) is 12.2 Å². The Balaban J connectivity index is 2.77. The lowest BCUT2D eigenvalue weighted by Crippen LogP contribution is -2.12. The van der Waals surface area contributed by atoms with Gasteiger partial charge >= 0.3 is 5.97 Å². The summed E-state index contributed by atoms with van der Waals surface area (Å²) < 4.78 is 5.01. The molecule has 78 valence electrons. The largest absolute Gasteiger partial charge is 0.462 e. The van der Waals surface area contributed by atoms with Gasteiger partial charge in [-0.1, -0.05) is 19.1 Å². The van der Waals surface area contributed by atoms with Crippen LogP contribution < -0.4 is 0 Å². The molecule has 0 aliphatic heterocycles. The first-order chi connectivity index (χ1) is 6.79. The maximum Gasteiger partial charge on any atom is 0.338 e. The van der Waals surface area contributed by atoms with E-state index in [1.807, 2.05) is 13.0 Å². The lowest BCUT2D eigenvalue weighted by molar-refractivity contribution is -0.138. The molecule has 14 heavy (non-hydrogen) atoms. The van der Waals surface area contributed by atoms with Crippen molar-refractivity contribution in [2.45, 2.75) is 39.5 Å². The molecular formula is C12H18O2. The maximum atomic E-state index is 11.6. The minimum Gasteiger partial charge on any atom is -0.462 e. The van der Waals surface area contributed by atoms with Gasteiger partial charge in [0, 0.05) is 0 Å². The second kappa shape index (κ2) is 5.63. The van der Waals surface area contributed by atoms with Crippen molar-refractivity contribution in [3.8, 4) is 0 Å². The van der Waals surface area contributed by atoms with Gasteiger partial charge in [-0.2, -0.15) is 0 Å². The predicted octanol–water partition coefficient (Wildman–Crippen LogP) is 3.00. The molecule has 0 aromatic heterocycles. The highest BCUT2D eigenvalue weighted by atomic mass is 16.5. The highest BCUT2D eigenvalue weighted by Crippen LogP contribution is 2.25. The van der Waals surface area contributed by atoms with E-state index in [1.165, 1.54) is 0 Å². The summed E-state index contributed by atoms with van der Waals surface area (Å²) in [6, 6.07) is 0. The Morgan fingerprint density at radius 3 is 3.00 bits per heavy atom. The average Bonchev–Trinajstić information content (AvgIpc) is 2.19. The molecule has 0 fully saturated rings. The summed E-state index contributed by atoms with van der Waals surface area (Å²) in [5, 5.41) is 0. The van der Waals surface area contributed by atoms with Crippen LogP contribution in [0.4, 0.5) is 0 Å². The van der Waals surface area contributed by atoms with Crippen LogP contribution in [0.3, 0.4) is 0 Å². The first-order valence-electron chi connectivity index (χ1n) is 5.36. The van der Waals surface area contributed by atoms with Crippen molar-refractivity contribution in [2.24, 2.45) is 0 Å². The third kappa shape index (κ3) is 2.72. The summed E-state index contributed by atoms with van der Waals surface area (Å²) in [6.45, 7) is 4.38. The summed E-state index contributed by atoms with van der Waals surface area (Å²) in [7, 11) is 0. The van der Waals surface area contributed by atoms with Crippen molar-refractivity contribution in [1.82, 2.24) is 0 Å². The van der Waals surface area contributed by atoms with Crippen molar-refractivity contribution in [1.29, 1.82) is 0 Å². The number of allylic oxidation sites excluding steroid dienone is 2. The lowest BCUT2D eigenvalue weighted by atomic mass is 9.93. The molecule has 2 heteroatoms. The summed E-state index contributed by atoms with van der Waals surface area (Å²) in [5.41, 5.74) is 1.96. The minimum absolute atomic E-state index is 0.160. The summed E-state index contributed by atoms with van der Waals surface area (Å²) in [5.74, 6) is -0.160. The van der Waals surface area contributed by atoms with Crippen molar-refractivity contribution >= 4 is 5.97 Å². The van der Waals surface area contributed by atoms with E-state index in [0.29, 0.717) is 6.61 Å². The molecular weight excluding hydrogens is 176 g/mol. The fourth-order valence-corrected chi connectivity index (χ4v) is 1.69. The molecule has 0 bridgehead atoms. The zero-order valence-corrected chi connectivity index (χ0v) is 9.01. The highest BCUT2D eigenvalue weighted by molar-refractivity contribution is 5.93. The van der Waals surface area contributed by atoms with Crippen LogP contribution in [0.5, 0.6) is 0 Å². The Bertz CT molecular complexity index is 261. The Morgan fingerprint density at radius 1 is 1.57 bits per heavy atom. The second-order valence-electron chi connectivity index (χ2n) is 3.37. The van der Waals surface area contributed by atoms with E-state index in [9.17, 15) is 4.79 Å². The van der Waals surface area contributed by atoms with Gasteiger partial charge < -0.3 is 4.74 Å². The summed E-state index contributed by atoms with van der Waals surface area (Å²) in [6.07, 6.45) is 8.26. The topological polar surface area (TPSA) is 26.3 Å². The zero-order chi connectivity index (χ0) is 10.4. The normalized spacial score (nSPS) is 19.3. The van der Waals surface area contributed by atoms with E-state index in [1.54, 1.807) is 0 Å². The zero-order valence-electron chi connectivity index (χ0n) is 9.01. The average molecular weight is 194 g/mol. The highest BCUT2D eigenvalue weighted by Gasteiger charge is 2.17. The molecule has 1 aliphatic carbocycles. The van der Waals surface area contributed by atoms with E-state index in [0.717, 1.165) is 36.8 Å². The number of carbonyl (C=O) groups is 1. The molecule has 1 aliphatic rings. The molecule has 0 N–H and O–H groups in total. The van der Waals surface area contributed by atoms with Gasteiger partial charge in [0.15, 0.2) is 0 Å². The van der Waals surface area contributed by atoms with Crippen LogP contribution in [-0.4, -0.2) is 12.6 Å². The number of hydrogen-bond acceptors (Lipinski definition) is 2. The predicted molar refractivity (Wildman–Crippen MR) is 56.9 cm³/mol. The third-order valence-corrected chi connectivity index (χ3v) is 2.29. The van der Waals surface area contributed by atoms with Crippen LogP contribution in [0.1, 0.15) is 39.5 Å². The van der Waals surface area contributed by atoms with Crippen molar-refractivity contribution in [3.63, 3.8) is 0 Å². The van der Waals surface area contributed by atoms with Crippen molar-refractivity contribution < 1.29 is 9.53 Å². The molecule has 2 nitrogen and oxygen atoms in total. The Labute approximate surface area is 85.6 Å². The molecule has 0 aromatic rings. The fourth-order valence-electron chi connectivity index (χ4n) is 1.69. The molecule has 0 spiro atoms. The summed E-state index contributed by atoms with van der Waals surface area (Å²) in [4.78, 5) is 11.6. The van der Waals surface area contributed by atoms with Crippen LogP contribution in [0.15, 0.2) is 23.3 Å². The number of esters is 1. The molecule has 0 saturated carbocycles. The second-order valence-corrected chi connectivity index (χ2v) is 3.37. The number of hydrogen-bond donors (Lipinski definition) is 0. The van der Waals surface area contributed by atoms with E-state index in [2.05, 4.69) is 13.0 Å². The van der Waals surface area contributed by atoms with Gasteiger partial charge in [0.1, 0.15) is 0 Å². The Hall–Kier alpha value is -1.05. The van der Waals surface area contributed by atoms with Gasteiger partial charge in [0.2, 0.25) is 0 Å². The van der Waals surface area contributed by atoms with Crippen LogP contribution in [0.25, 0.3) is 0 Å². The van der Waals surface area contributed by atoms with Gasteiger partial charge in [-0.15, -0.1) is 0 Å². The van der Waals surface area contributed by atoms with Crippen molar-refractivity contribution in [2.75, 3.05) is 6.61 Å². The van der Waals surface area contributed by atoms with Crippen LogP contribution >= 0.6 is 0 Å². The first-order valence-corrected chi connectivity index (χ1v) is 5.36. The van der Waals surface area contributed by atoms with Gasteiger partial charge in [-0.25, -0.2) is 4.79 Å². The smallest absolute Gasteiger partial charge is 0.338 e. The van der Waals surface area contributed by atoms with E-state index in [4.69, 9.17) is 4.74 Å². The third-order valence-electron chi connectivity index (χ3n) is 2.29. The SMILES string of the molecule is CC/C=C1\CCCC=C1C(=O)OCC. The molecule has 0 atom stereocenters.